The van der Waals surface area contributed by atoms with Crippen molar-refractivity contribution in [3.05, 3.63) is 60.8 Å². The number of hydrogen-bond acceptors (Lipinski definition) is 5. The van der Waals surface area contributed by atoms with Crippen LogP contribution in [0.5, 0.6) is 0 Å². The van der Waals surface area contributed by atoms with Crippen LogP contribution in [0, 0.1) is 0 Å². The van der Waals surface area contributed by atoms with Crippen molar-refractivity contribution in [1.82, 2.24) is 5.32 Å². The van der Waals surface area contributed by atoms with Crippen LogP contribution in [0.2, 0.25) is 0 Å². The molecule has 6 nitrogen and oxygen atoms in total. The SMILES string of the molecule is CCCCCC/C=C\C/C=C\CCCCCCCC(=O)OCCCCCCCCCCC/C=C\C/C=C\CCCCCCCCCCCC(=O)NC(CO)C(O)/C=C/CCCCCCCCCCCCCCCCCCCCCCCC. The number of nitrogens with one attached hydrogen (secondary N) is 1. The summed E-state index contributed by atoms with van der Waals surface area (Å²) in [6.45, 7) is 4.90. The van der Waals surface area contributed by atoms with Crippen molar-refractivity contribution in [3.63, 3.8) is 0 Å². The highest BCUT2D eigenvalue weighted by Gasteiger charge is 2.18. The summed E-state index contributed by atoms with van der Waals surface area (Å²) >= 11 is 0. The lowest BCUT2D eigenvalue weighted by Crippen LogP contribution is -2.45. The molecule has 0 heterocycles. The molecule has 0 saturated carbocycles. The molecule has 2 unspecified atom stereocenters. The second-order valence-electron chi connectivity index (χ2n) is 24.9. The molecular formula is C76H141NO5. The van der Waals surface area contributed by atoms with Gasteiger partial charge in [0.15, 0.2) is 0 Å². The molecule has 0 aromatic heterocycles. The molecule has 0 rings (SSSR count). The number of carbonyl (C=O) groups excluding carboxylic acids is 2. The Morgan fingerprint density at radius 1 is 0.341 bits per heavy atom. The third-order valence-corrected chi connectivity index (χ3v) is 16.8. The van der Waals surface area contributed by atoms with E-state index >= 15 is 0 Å². The summed E-state index contributed by atoms with van der Waals surface area (Å²) in [6, 6.07) is -0.636. The zero-order chi connectivity index (χ0) is 59.2. The van der Waals surface area contributed by atoms with E-state index in [0.29, 0.717) is 19.4 Å². The summed E-state index contributed by atoms with van der Waals surface area (Å²) < 4.78 is 5.48. The van der Waals surface area contributed by atoms with Gasteiger partial charge in [0, 0.05) is 12.8 Å². The summed E-state index contributed by atoms with van der Waals surface area (Å²) in [5, 5.41) is 23.3. The summed E-state index contributed by atoms with van der Waals surface area (Å²) in [5.74, 6) is -0.0760. The van der Waals surface area contributed by atoms with Crippen molar-refractivity contribution >= 4 is 11.9 Å². The fourth-order valence-electron chi connectivity index (χ4n) is 11.2. The Morgan fingerprint density at radius 3 is 0.939 bits per heavy atom. The second-order valence-corrected chi connectivity index (χ2v) is 24.9. The summed E-state index contributed by atoms with van der Waals surface area (Å²) in [4.78, 5) is 24.6. The number of hydrogen-bond donors (Lipinski definition) is 3. The first kappa shape index (κ1) is 79.6. The normalized spacial score (nSPS) is 12.9. The van der Waals surface area contributed by atoms with Gasteiger partial charge in [-0.2, -0.15) is 0 Å². The van der Waals surface area contributed by atoms with Crippen LogP contribution < -0.4 is 5.32 Å². The molecule has 6 heteroatoms. The minimum Gasteiger partial charge on any atom is -0.466 e. The minimum atomic E-state index is -0.852. The smallest absolute Gasteiger partial charge is 0.305 e. The average molecular weight is 1150 g/mol. The molecule has 0 radical (unpaired) electrons. The van der Waals surface area contributed by atoms with Crippen LogP contribution in [0.1, 0.15) is 386 Å². The lowest BCUT2D eigenvalue weighted by molar-refractivity contribution is -0.143. The highest BCUT2D eigenvalue weighted by atomic mass is 16.5. The maximum Gasteiger partial charge on any atom is 0.305 e. The predicted molar refractivity (Wildman–Crippen MR) is 361 cm³/mol. The third-order valence-electron chi connectivity index (χ3n) is 16.8. The van der Waals surface area contributed by atoms with Gasteiger partial charge < -0.3 is 20.3 Å². The van der Waals surface area contributed by atoms with Gasteiger partial charge in [-0.1, -0.05) is 338 Å². The van der Waals surface area contributed by atoms with Gasteiger partial charge in [0.1, 0.15) is 0 Å². The zero-order valence-corrected chi connectivity index (χ0v) is 55.0. The first-order valence-electron chi connectivity index (χ1n) is 36.6. The van der Waals surface area contributed by atoms with Crippen molar-refractivity contribution in [2.24, 2.45) is 0 Å². The van der Waals surface area contributed by atoms with E-state index in [2.05, 4.69) is 67.8 Å². The maximum absolute atomic E-state index is 12.5. The highest BCUT2D eigenvalue weighted by molar-refractivity contribution is 5.76. The van der Waals surface area contributed by atoms with Crippen LogP contribution in [0.15, 0.2) is 60.8 Å². The van der Waals surface area contributed by atoms with Crippen molar-refractivity contribution < 1.29 is 24.5 Å². The van der Waals surface area contributed by atoms with Crippen molar-refractivity contribution in [2.45, 2.75) is 398 Å². The summed E-state index contributed by atoms with van der Waals surface area (Å²) in [6.07, 6.45) is 94.4. The quantitative estimate of drug-likeness (QED) is 0.0320. The number of esters is 1. The van der Waals surface area contributed by atoms with Crippen molar-refractivity contribution in [2.75, 3.05) is 13.2 Å². The van der Waals surface area contributed by atoms with Gasteiger partial charge in [-0.25, -0.2) is 0 Å². The van der Waals surface area contributed by atoms with Crippen LogP contribution in [-0.2, 0) is 14.3 Å². The Labute approximate surface area is 511 Å². The van der Waals surface area contributed by atoms with Crippen molar-refractivity contribution in [3.8, 4) is 0 Å². The molecule has 1 amide bonds. The number of rotatable bonds is 68. The molecule has 0 aromatic carbocycles. The van der Waals surface area contributed by atoms with E-state index in [1.54, 1.807) is 6.08 Å². The highest BCUT2D eigenvalue weighted by Crippen LogP contribution is 2.18. The van der Waals surface area contributed by atoms with E-state index in [9.17, 15) is 19.8 Å². The first-order chi connectivity index (χ1) is 40.5. The molecule has 0 fully saturated rings. The van der Waals surface area contributed by atoms with Gasteiger partial charge in [-0.3, -0.25) is 9.59 Å². The lowest BCUT2D eigenvalue weighted by Gasteiger charge is -2.20. The fraction of sp³-hybridized carbons (Fsp3) is 0.842. The van der Waals surface area contributed by atoms with Crippen LogP contribution >= 0.6 is 0 Å². The Hall–Kier alpha value is -2.44. The van der Waals surface area contributed by atoms with E-state index in [-0.39, 0.29) is 18.5 Å². The molecule has 2 atom stereocenters. The first-order valence-corrected chi connectivity index (χ1v) is 36.6. The summed E-state index contributed by atoms with van der Waals surface area (Å²) in [5.41, 5.74) is 0. The largest absolute Gasteiger partial charge is 0.466 e. The standard InChI is InChI=1S/C76H141NO5/c1-3-5-7-9-11-13-15-17-19-21-22-23-24-28-31-34-37-40-44-48-52-56-60-64-68-74(79)73(72-78)77-75(80)69-65-61-57-53-49-45-41-38-35-32-29-26-25-27-30-33-36-39-43-47-51-55-59-63-67-71-82-76(81)70-66-62-58-54-50-46-42-20-18-16-14-12-10-8-6-4-2/h14,16,20,26-27,29-30,42,64,68,73-74,78-79H,3-13,15,17-19,21-25,28,31-41,43-63,65-67,69-72H2,1-2H3,(H,77,80)/b16-14-,29-26-,30-27-,42-20-,68-64+. The van der Waals surface area contributed by atoms with E-state index in [1.165, 1.54) is 302 Å². The van der Waals surface area contributed by atoms with Crippen LogP contribution in [0.4, 0.5) is 0 Å². The van der Waals surface area contributed by atoms with Gasteiger partial charge in [0.25, 0.3) is 0 Å². The van der Waals surface area contributed by atoms with Crippen LogP contribution in [0.25, 0.3) is 0 Å². The number of unbranched alkanes of at least 4 members (excludes halogenated alkanes) is 49. The molecule has 0 aliphatic rings. The monoisotopic (exact) mass is 1150 g/mol. The van der Waals surface area contributed by atoms with Crippen LogP contribution in [-0.4, -0.2) is 47.4 Å². The van der Waals surface area contributed by atoms with Gasteiger partial charge >= 0.3 is 5.97 Å². The molecule has 480 valence electrons. The average Bonchev–Trinajstić information content (AvgIpc) is 3.48. The molecule has 0 aromatic rings. The summed E-state index contributed by atoms with van der Waals surface area (Å²) in [7, 11) is 0. The Bertz CT molecular complexity index is 1420. The Morgan fingerprint density at radius 2 is 0.610 bits per heavy atom. The minimum absolute atomic E-state index is 0.00486. The molecule has 0 bridgehead atoms. The number of carbonyl (C=O) groups is 2. The van der Waals surface area contributed by atoms with Gasteiger partial charge in [-0.15, -0.1) is 0 Å². The van der Waals surface area contributed by atoms with Gasteiger partial charge in [0.05, 0.1) is 25.4 Å². The van der Waals surface area contributed by atoms with Crippen LogP contribution in [0.3, 0.4) is 0 Å². The Balaban J connectivity index is 3.47. The topological polar surface area (TPSA) is 95.9 Å². The number of aliphatic hydroxyl groups excluding tert-OH is 2. The van der Waals surface area contributed by atoms with E-state index in [0.717, 1.165) is 57.8 Å². The zero-order valence-electron chi connectivity index (χ0n) is 55.0. The lowest BCUT2D eigenvalue weighted by atomic mass is 10.0. The van der Waals surface area contributed by atoms with Gasteiger partial charge in [0.2, 0.25) is 5.91 Å². The third kappa shape index (κ3) is 66.7. The van der Waals surface area contributed by atoms with Gasteiger partial charge in [-0.05, 0) is 96.3 Å². The number of ether oxygens (including phenoxy) is 1. The maximum atomic E-state index is 12.5. The molecule has 3 N–H and O–H groups in total. The van der Waals surface area contributed by atoms with E-state index in [4.69, 9.17) is 4.74 Å². The molecule has 82 heavy (non-hydrogen) atoms. The molecule has 0 aliphatic heterocycles. The second kappa shape index (κ2) is 71.0. The number of aliphatic hydroxyl groups is 2. The number of allylic oxidation sites excluding steroid dienone is 9. The predicted octanol–water partition coefficient (Wildman–Crippen LogP) is 23.8. The molecule has 0 spiro atoms. The fourth-order valence-corrected chi connectivity index (χ4v) is 11.2. The Kier molecular flexibility index (Phi) is 68.9. The molecular weight excluding hydrogens is 1010 g/mol. The molecule has 0 saturated heterocycles. The number of amides is 1. The molecule has 0 aliphatic carbocycles. The van der Waals surface area contributed by atoms with E-state index < -0.39 is 12.1 Å². The van der Waals surface area contributed by atoms with E-state index in [1.807, 2.05) is 6.08 Å². The van der Waals surface area contributed by atoms with Crippen molar-refractivity contribution in [1.29, 1.82) is 0 Å².